The van der Waals surface area contributed by atoms with Crippen LogP contribution in [0, 0.1) is 0 Å². The first-order chi connectivity index (χ1) is 14.9. The van der Waals surface area contributed by atoms with Crippen molar-refractivity contribution >= 4 is 21.6 Å². The molecule has 2 aromatic rings. The number of nitrogens with one attached hydrogen (secondary N) is 1. The molecule has 9 heteroatoms. The summed E-state index contributed by atoms with van der Waals surface area (Å²) in [7, 11) is -3.91. The molecule has 0 bridgehead atoms. The summed E-state index contributed by atoms with van der Waals surface area (Å²) in [6.45, 7) is 5.23. The highest BCUT2D eigenvalue weighted by atomic mass is 32.2. The van der Waals surface area contributed by atoms with Crippen LogP contribution in [0.15, 0.2) is 53.4 Å². The Morgan fingerprint density at radius 1 is 1.19 bits per heavy atom. The number of rotatable bonds is 9. The largest absolute Gasteiger partial charge is 0.378 e. The van der Waals surface area contributed by atoms with Gasteiger partial charge in [-0.05, 0) is 37.1 Å². The second-order valence-corrected chi connectivity index (χ2v) is 8.92. The zero-order valence-electron chi connectivity index (χ0n) is 17.6. The number of primary sulfonamides is 1. The van der Waals surface area contributed by atoms with Gasteiger partial charge in [-0.25, -0.2) is 13.6 Å². The van der Waals surface area contributed by atoms with Gasteiger partial charge in [-0.3, -0.25) is 4.79 Å². The zero-order chi connectivity index (χ0) is 22.3. The standard InChI is InChI=1S/C22H29N3O5S/c1-17(18-6-3-2-4-7-18)30-13-5-10-24-22(26)20-16-19(31(23,27)28)8-9-21(20)25-11-14-29-15-12-25/h2-4,6-9,16-17H,5,10-15H2,1H3,(H,24,26)(H2,23,27,28). The Morgan fingerprint density at radius 3 is 2.58 bits per heavy atom. The molecule has 31 heavy (non-hydrogen) atoms. The maximum absolute atomic E-state index is 12.9. The Hall–Kier alpha value is -2.46. The van der Waals surface area contributed by atoms with Crippen LogP contribution in [0.5, 0.6) is 0 Å². The number of carbonyl (C=O) groups excluding carboxylic acids is 1. The van der Waals surface area contributed by atoms with Crippen LogP contribution in [0.3, 0.4) is 0 Å². The summed E-state index contributed by atoms with van der Waals surface area (Å²) in [5, 5.41) is 8.12. The number of nitrogens with two attached hydrogens (primary N) is 1. The molecule has 168 valence electrons. The van der Waals surface area contributed by atoms with Crippen LogP contribution in [-0.2, 0) is 19.5 Å². The van der Waals surface area contributed by atoms with Crippen LogP contribution in [-0.4, -0.2) is 53.8 Å². The molecular formula is C22H29N3O5S. The number of carbonyl (C=O) groups is 1. The molecule has 1 saturated heterocycles. The number of benzene rings is 2. The second-order valence-electron chi connectivity index (χ2n) is 7.36. The fraction of sp³-hybridized carbons (Fsp3) is 0.409. The highest BCUT2D eigenvalue weighted by Gasteiger charge is 2.21. The van der Waals surface area contributed by atoms with Gasteiger partial charge in [-0.2, -0.15) is 0 Å². The summed E-state index contributed by atoms with van der Waals surface area (Å²) in [6, 6.07) is 14.3. The van der Waals surface area contributed by atoms with Gasteiger partial charge in [0.05, 0.1) is 29.8 Å². The first kappa shape index (κ1) is 23.2. The SMILES string of the molecule is CC(OCCCNC(=O)c1cc(S(N)(=O)=O)ccc1N1CCOCC1)c1ccccc1. The molecule has 1 atom stereocenters. The van der Waals surface area contributed by atoms with Crippen LogP contribution in [0.1, 0.15) is 35.4 Å². The third-order valence-corrected chi connectivity index (χ3v) is 6.05. The van der Waals surface area contributed by atoms with Crippen molar-refractivity contribution in [1.29, 1.82) is 0 Å². The molecule has 1 amide bonds. The number of amides is 1. The molecule has 1 unspecified atom stereocenters. The Bertz CT molecular complexity index is 976. The van der Waals surface area contributed by atoms with Gasteiger partial charge in [0.25, 0.3) is 5.91 Å². The van der Waals surface area contributed by atoms with E-state index in [1.807, 2.05) is 42.2 Å². The molecular weight excluding hydrogens is 418 g/mol. The van der Waals surface area contributed by atoms with Crippen molar-refractivity contribution in [2.75, 3.05) is 44.4 Å². The molecule has 1 fully saturated rings. The second kappa shape index (κ2) is 10.7. The van der Waals surface area contributed by atoms with Gasteiger partial charge in [0.15, 0.2) is 0 Å². The number of hydrogen-bond donors (Lipinski definition) is 2. The van der Waals surface area contributed by atoms with Crippen LogP contribution in [0.2, 0.25) is 0 Å². The molecule has 0 aliphatic carbocycles. The number of sulfonamides is 1. The number of nitrogens with zero attached hydrogens (tertiary/aromatic N) is 1. The summed E-state index contributed by atoms with van der Waals surface area (Å²) in [4.78, 5) is 14.8. The minimum absolute atomic E-state index is 0.0312. The van der Waals surface area contributed by atoms with Gasteiger partial charge in [-0.15, -0.1) is 0 Å². The van der Waals surface area contributed by atoms with E-state index in [4.69, 9.17) is 14.6 Å². The van der Waals surface area contributed by atoms with Crippen molar-refractivity contribution in [3.8, 4) is 0 Å². The van der Waals surface area contributed by atoms with Crippen LogP contribution < -0.4 is 15.4 Å². The van der Waals surface area contributed by atoms with Crippen LogP contribution in [0.25, 0.3) is 0 Å². The molecule has 2 aromatic carbocycles. The van der Waals surface area contributed by atoms with E-state index in [9.17, 15) is 13.2 Å². The Balaban J connectivity index is 1.60. The van der Waals surface area contributed by atoms with E-state index in [1.165, 1.54) is 12.1 Å². The maximum atomic E-state index is 12.9. The molecule has 3 N–H and O–H groups in total. The topological polar surface area (TPSA) is 111 Å². The monoisotopic (exact) mass is 447 g/mol. The molecule has 0 saturated carbocycles. The van der Waals surface area contributed by atoms with E-state index in [-0.39, 0.29) is 22.5 Å². The molecule has 0 spiro atoms. The smallest absolute Gasteiger partial charge is 0.253 e. The molecule has 0 aromatic heterocycles. The number of morpholine rings is 1. The molecule has 1 heterocycles. The minimum atomic E-state index is -3.91. The zero-order valence-corrected chi connectivity index (χ0v) is 18.4. The van der Waals surface area contributed by atoms with Crippen molar-refractivity contribution < 1.29 is 22.7 Å². The highest BCUT2D eigenvalue weighted by Crippen LogP contribution is 2.25. The van der Waals surface area contributed by atoms with Gasteiger partial charge in [0, 0.05) is 31.9 Å². The minimum Gasteiger partial charge on any atom is -0.378 e. The van der Waals surface area contributed by atoms with Gasteiger partial charge in [0.1, 0.15) is 0 Å². The van der Waals surface area contributed by atoms with Crippen LogP contribution >= 0.6 is 0 Å². The first-order valence-electron chi connectivity index (χ1n) is 10.3. The van der Waals surface area contributed by atoms with Gasteiger partial charge < -0.3 is 19.7 Å². The van der Waals surface area contributed by atoms with Crippen molar-refractivity contribution in [3.63, 3.8) is 0 Å². The summed E-state index contributed by atoms with van der Waals surface area (Å²) in [6.07, 6.45) is 0.598. The Labute approximate surface area is 183 Å². The lowest BCUT2D eigenvalue weighted by Crippen LogP contribution is -2.38. The quantitative estimate of drug-likeness (QED) is 0.570. The predicted octanol–water partition coefficient (Wildman–Crippen LogP) is 2.07. The van der Waals surface area contributed by atoms with E-state index in [1.54, 1.807) is 6.07 Å². The lowest BCUT2D eigenvalue weighted by molar-refractivity contribution is 0.0635. The summed E-state index contributed by atoms with van der Waals surface area (Å²) >= 11 is 0. The van der Waals surface area contributed by atoms with E-state index < -0.39 is 10.0 Å². The number of hydrogen-bond acceptors (Lipinski definition) is 6. The number of anilines is 1. The van der Waals surface area contributed by atoms with Crippen molar-refractivity contribution in [2.45, 2.75) is 24.3 Å². The lowest BCUT2D eigenvalue weighted by Gasteiger charge is -2.30. The van der Waals surface area contributed by atoms with E-state index >= 15 is 0 Å². The highest BCUT2D eigenvalue weighted by molar-refractivity contribution is 7.89. The normalized spacial score (nSPS) is 15.5. The van der Waals surface area contributed by atoms with E-state index in [0.717, 1.165) is 5.56 Å². The predicted molar refractivity (Wildman–Crippen MR) is 119 cm³/mol. The van der Waals surface area contributed by atoms with E-state index in [0.29, 0.717) is 51.6 Å². The van der Waals surface area contributed by atoms with Crippen LogP contribution in [0.4, 0.5) is 5.69 Å². The van der Waals surface area contributed by atoms with Crippen molar-refractivity contribution in [1.82, 2.24) is 5.32 Å². The molecule has 1 aliphatic rings. The van der Waals surface area contributed by atoms with Gasteiger partial charge in [-0.1, -0.05) is 30.3 Å². The van der Waals surface area contributed by atoms with Gasteiger partial charge in [0.2, 0.25) is 10.0 Å². The lowest BCUT2D eigenvalue weighted by atomic mass is 10.1. The van der Waals surface area contributed by atoms with Gasteiger partial charge >= 0.3 is 0 Å². The fourth-order valence-electron chi connectivity index (χ4n) is 3.40. The fourth-order valence-corrected chi connectivity index (χ4v) is 3.94. The molecule has 8 nitrogen and oxygen atoms in total. The Kier molecular flexibility index (Phi) is 8.03. The summed E-state index contributed by atoms with van der Waals surface area (Å²) in [5.74, 6) is -0.344. The molecule has 3 rings (SSSR count). The number of ether oxygens (including phenoxy) is 2. The molecule has 1 aliphatic heterocycles. The Morgan fingerprint density at radius 2 is 1.90 bits per heavy atom. The summed E-state index contributed by atoms with van der Waals surface area (Å²) < 4.78 is 34.7. The summed E-state index contributed by atoms with van der Waals surface area (Å²) in [5.41, 5.74) is 2.05. The first-order valence-corrected chi connectivity index (χ1v) is 11.8. The molecule has 0 radical (unpaired) electrons. The third-order valence-electron chi connectivity index (χ3n) is 5.14. The third kappa shape index (κ3) is 6.51. The van der Waals surface area contributed by atoms with E-state index in [2.05, 4.69) is 5.32 Å². The maximum Gasteiger partial charge on any atom is 0.253 e. The van der Waals surface area contributed by atoms with Crippen molar-refractivity contribution in [3.05, 3.63) is 59.7 Å². The average Bonchev–Trinajstić information content (AvgIpc) is 2.78. The average molecular weight is 448 g/mol. The van der Waals surface area contributed by atoms with Crippen molar-refractivity contribution in [2.24, 2.45) is 5.14 Å².